The molecule has 29 heavy (non-hydrogen) atoms. The largest absolute Gasteiger partial charge is 0.381 e. The van der Waals surface area contributed by atoms with Crippen molar-refractivity contribution in [1.29, 1.82) is 0 Å². The lowest BCUT2D eigenvalue weighted by Gasteiger charge is -2.37. The molecule has 0 spiro atoms. The minimum Gasteiger partial charge on any atom is -0.381 e. The van der Waals surface area contributed by atoms with E-state index in [0.29, 0.717) is 0 Å². The van der Waals surface area contributed by atoms with E-state index in [1.807, 2.05) is 0 Å². The fraction of sp³-hybridized carbons (Fsp3) is 0.696. The van der Waals surface area contributed by atoms with Crippen LogP contribution in [0.15, 0.2) is 29.3 Å². The van der Waals surface area contributed by atoms with Crippen molar-refractivity contribution in [1.82, 2.24) is 15.1 Å². The number of rotatable bonds is 5. The first-order valence-electron chi connectivity index (χ1n) is 11.2. The Morgan fingerprint density at radius 2 is 2.03 bits per heavy atom. The van der Waals surface area contributed by atoms with Crippen LogP contribution in [0.1, 0.15) is 30.4 Å². The smallest absolute Gasteiger partial charge is 0.194 e. The lowest BCUT2D eigenvalue weighted by Crippen LogP contribution is -2.53. The quantitative estimate of drug-likeness (QED) is 0.376. The molecule has 4 atom stereocenters. The van der Waals surface area contributed by atoms with Crippen LogP contribution < -0.4 is 5.32 Å². The minimum atomic E-state index is 0. The third kappa shape index (κ3) is 4.59. The van der Waals surface area contributed by atoms with E-state index in [4.69, 9.17) is 9.73 Å². The number of nitrogens with zero attached hydrogens (tertiary/aromatic N) is 3. The standard InChI is InChI=1S/C23H34N4O.HI/c1-2-24-23(27-10-8-26(9-11-27)15-17-7-12-28-16-17)25-14-21-20-13-18-5-3-4-6-19(18)22(20)21;/h3-6,17,20-22H,2,7-16H2,1H3,(H,24,25);1H. The molecule has 3 fully saturated rings. The highest BCUT2D eigenvalue weighted by molar-refractivity contribution is 14.0. The number of halogens is 1. The van der Waals surface area contributed by atoms with Crippen molar-refractivity contribution >= 4 is 29.9 Å². The summed E-state index contributed by atoms with van der Waals surface area (Å²) in [6.45, 7) is 11.7. The van der Waals surface area contributed by atoms with Gasteiger partial charge in [0, 0.05) is 52.4 Å². The van der Waals surface area contributed by atoms with E-state index >= 15 is 0 Å². The molecule has 5 rings (SSSR count). The number of guanidine groups is 1. The van der Waals surface area contributed by atoms with Gasteiger partial charge in [0.2, 0.25) is 0 Å². The highest BCUT2D eigenvalue weighted by Crippen LogP contribution is 2.61. The van der Waals surface area contributed by atoms with Gasteiger partial charge in [-0.2, -0.15) is 0 Å². The summed E-state index contributed by atoms with van der Waals surface area (Å²) < 4.78 is 5.54. The van der Waals surface area contributed by atoms with Crippen LogP contribution in [0, 0.1) is 17.8 Å². The summed E-state index contributed by atoms with van der Waals surface area (Å²) in [4.78, 5) is 10.2. The van der Waals surface area contributed by atoms with Gasteiger partial charge in [-0.15, -0.1) is 24.0 Å². The van der Waals surface area contributed by atoms with E-state index in [9.17, 15) is 0 Å². The Labute approximate surface area is 192 Å². The molecule has 2 aliphatic carbocycles. The molecule has 2 heterocycles. The number of hydrogen-bond acceptors (Lipinski definition) is 3. The van der Waals surface area contributed by atoms with Gasteiger partial charge in [-0.05, 0) is 54.6 Å². The molecule has 1 saturated carbocycles. The Morgan fingerprint density at radius 1 is 1.21 bits per heavy atom. The number of ether oxygens (including phenoxy) is 1. The monoisotopic (exact) mass is 510 g/mol. The molecular weight excluding hydrogens is 475 g/mol. The zero-order chi connectivity index (χ0) is 18.9. The van der Waals surface area contributed by atoms with Crippen LogP contribution >= 0.6 is 24.0 Å². The van der Waals surface area contributed by atoms with Gasteiger partial charge < -0.3 is 15.0 Å². The van der Waals surface area contributed by atoms with E-state index in [1.54, 1.807) is 11.1 Å². The maximum Gasteiger partial charge on any atom is 0.194 e. The average Bonchev–Trinajstić information content (AvgIpc) is 3.07. The molecule has 1 aromatic carbocycles. The molecule has 2 aliphatic heterocycles. The van der Waals surface area contributed by atoms with E-state index < -0.39 is 0 Å². The number of benzene rings is 1. The van der Waals surface area contributed by atoms with Gasteiger partial charge in [0.1, 0.15) is 0 Å². The second kappa shape index (κ2) is 9.52. The zero-order valence-corrected chi connectivity index (χ0v) is 19.9. The first kappa shape index (κ1) is 21.4. The fourth-order valence-electron chi connectivity index (χ4n) is 5.59. The Kier molecular flexibility index (Phi) is 7.02. The molecule has 2 saturated heterocycles. The molecule has 4 aliphatic rings. The molecule has 0 bridgehead atoms. The second-order valence-electron chi connectivity index (χ2n) is 8.97. The third-order valence-corrected chi connectivity index (χ3v) is 7.20. The van der Waals surface area contributed by atoms with Gasteiger partial charge >= 0.3 is 0 Å². The number of hydrogen-bond donors (Lipinski definition) is 1. The molecule has 0 radical (unpaired) electrons. The van der Waals surface area contributed by atoms with Crippen molar-refractivity contribution < 1.29 is 4.74 Å². The molecule has 5 nitrogen and oxygen atoms in total. The molecule has 160 valence electrons. The van der Waals surface area contributed by atoms with E-state index in [2.05, 4.69) is 46.3 Å². The number of fused-ring (bicyclic) bond motifs is 3. The Hall–Kier alpha value is -0.860. The highest BCUT2D eigenvalue weighted by Gasteiger charge is 2.55. The first-order chi connectivity index (χ1) is 13.8. The number of piperazine rings is 1. The van der Waals surface area contributed by atoms with Crippen molar-refractivity contribution in [3.05, 3.63) is 35.4 Å². The zero-order valence-electron chi connectivity index (χ0n) is 17.6. The van der Waals surface area contributed by atoms with Gasteiger partial charge in [-0.25, -0.2) is 0 Å². The van der Waals surface area contributed by atoms with Gasteiger partial charge in [-0.3, -0.25) is 9.89 Å². The third-order valence-electron chi connectivity index (χ3n) is 7.20. The molecule has 1 N–H and O–H groups in total. The Bertz CT molecular complexity index is 713. The number of aliphatic imine (C=N–C) groups is 1. The van der Waals surface area contributed by atoms with Crippen molar-refractivity contribution in [3.63, 3.8) is 0 Å². The maximum atomic E-state index is 5.54. The summed E-state index contributed by atoms with van der Waals surface area (Å²) in [7, 11) is 0. The summed E-state index contributed by atoms with van der Waals surface area (Å²) in [6.07, 6.45) is 2.50. The van der Waals surface area contributed by atoms with Crippen LogP contribution in [-0.4, -0.2) is 74.8 Å². The summed E-state index contributed by atoms with van der Waals surface area (Å²) in [5.74, 6) is 4.24. The minimum absolute atomic E-state index is 0. The predicted molar refractivity (Wildman–Crippen MR) is 128 cm³/mol. The topological polar surface area (TPSA) is 40.1 Å². The average molecular weight is 510 g/mol. The Balaban J connectivity index is 0.00000205. The molecule has 1 aromatic rings. The van der Waals surface area contributed by atoms with Crippen LogP contribution in [0.2, 0.25) is 0 Å². The van der Waals surface area contributed by atoms with Gasteiger partial charge in [0.05, 0.1) is 6.61 Å². The summed E-state index contributed by atoms with van der Waals surface area (Å²) in [5.41, 5.74) is 3.18. The lowest BCUT2D eigenvalue weighted by molar-refractivity contribution is 0.139. The summed E-state index contributed by atoms with van der Waals surface area (Å²) in [5, 5.41) is 3.55. The normalized spacial score (nSPS) is 31.2. The predicted octanol–water partition coefficient (Wildman–Crippen LogP) is 2.81. The second-order valence-corrected chi connectivity index (χ2v) is 8.97. The van der Waals surface area contributed by atoms with Crippen LogP contribution in [0.5, 0.6) is 0 Å². The molecule has 0 aromatic heterocycles. The molecule has 0 amide bonds. The van der Waals surface area contributed by atoms with Crippen LogP contribution in [-0.2, 0) is 11.2 Å². The van der Waals surface area contributed by atoms with Crippen molar-refractivity contribution in [3.8, 4) is 0 Å². The van der Waals surface area contributed by atoms with Gasteiger partial charge in [0.25, 0.3) is 0 Å². The van der Waals surface area contributed by atoms with Gasteiger partial charge in [0.15, 0.2) is 5.96 Å². The van der Waals surface area contributed by atoms with Crippen molar-refractivity contribution in [2.45, 2.75) is 25.7 Å². The van der Waals surface area contributed by atoms with E-state index in [0.717, 1.165) is 82.1 Å². The summed E-state index contributed by atoms with van der Waals surface area (Å²) in [6, 6.07) is 9.02. The fourth-order valence-corrected chi connectivity index (χ4v) is 5.59. The van der Waals surface area contributed by atoms with Crippen LogP contribution in [0.3, 0.4) is 0 Å². The van der Waals surface area contributed by atoms with Crippen LogP contribution in [0.25, 0.3) is 0 Å². The SMILES string of the molecule is CCNC(=NCC1C2Cc3ccccc3C12)N1CCN(CC2CCOC2)CC1.I. The van der Waals surface area contributed by atoms with Crippen molar-refractivity contribution in [2.75, 3.05) is 59.0 Å². The summed E-state index contributed by atoms with van der Waals surface area (Å²) >= 11 is 0. The van der Waals surface area contributed by atoms with Gasteiger partial charge in [-0.1, -0.05) is 24.3 Å². The first-order valence-corrected chi connectivity index (χ1v) is 11.2. The van der Waals surface area contributed by atoms with Crippen LogP contribution in [0.4, 0.5) is 0 Å². The molecule has 6 heteroatoms. The maximum absolute atomic E-state index is 5.54. The molecule has 4 unspecified atom stereocenters. The number of nitrogens with one attached hydrogen (secondary N) is 1. The highest BCUT2D eigenvalue weighted by atomic mass is 127. The van der Waals surface area contributed by atoms with E-state index in [-0.39, 0.29) is 24.0 Å². The Morgan fingerprint density at radius 3 is 2.79 bits per heavy atom. The molecular formula is C23H35IN4O. The van der Waals surface area contributed by atoms with Crippen molar-refractivity contribution in [2.24, 2.45) is 22.7 Å². The van der Waals surface area contributed by atoms with E-state index in [1.165, 1.54) is 19.4 Å². The lowest BCUT2D eigenvalue weighted by atomic mass is 10.0.